The molecule has 0 atom stereocenters. The molecule has 31 heavy (non-hydrogen) atoms. The molecule has 0 radical (unpaired) electrons. The summed E-state index contributed by atoms with van der Waals surface area (Å²) >= 11 is 0. The zero-order valence-electron chi connectivity index (χ0n) is 17.7. The highest BCUT2D eigenvalue weighted by Crippen LogP contribution is 2.36. The molecule has 154 valence electrons. The first-order valence-corrected chi connectivity index (χ1v) is 10.6. The van der Waals surface area contributed by atoms with Crippen LogP contribution in [0.5, 0.6) is 0 Å². The minimum atomic E-state index is -0.491. The number of carbonyl (C=O) groups excluding carboxylic acids is 2. The van der Waals surface area contributed by atoms with Gasteiger partial charge in [0.05, 0.1) is 5.41 Å². The highest BCUT2D eigenvalue weighted by atomic mass is 16.2. The first kappa shape index (κ1) is 20.6. The van der Waals surface area contributed by atoms with Crippen molar-refractivity contribution in [3.63, 3.8) is 0 Å². The van der Waals surface area contributed by atoms with Gasteiger partial charge in [-0.1, -0.05) is 60.4 Å². The van der Waals surface area contributed by atoms with E-state index in [1.165, 1.54) is 0 Å². The smallest absolute Gasteiger partial charge is 0.253 e. The number of nitrogens with zero attached hydrogens (tertiary/aromatic N) is 1. The molecule has 1 amide bonds. The fourth-order valence-electron chi connectivity index (χ4n) is 4.24. The number of benzene rings is 3. The van der Waals surface area contributed by atoms with Crippen molar-refractivity contribution in [3.05, 3.63) is 107 Å². The topological polar surface area (TPSA) is 37.4 Å². The van der Waals surface area contributed by atoms with Gasteiger partial charge < -0.3 is 4.90 Å². The van der Waals surface area contributed by atoms with Gasteiger partial charge in [-0.15, -0.1) is 0 Å². The van der Waals surface area contributed by atoms with Crippen LogP contribution in [0.25, 0.3) is 0 Å². The van der Waals surface area contributed by atoms with Crippen molar-refractivity contribution in [1.29, 1.82) is 0 Å². The summed E-state index contributed by atoms with van der Waals surface area (Å²) in [4.78, 5) is 27.4. The monoisotopic (exact) mass is 407 g/mol. The molecule has 1 fully saturated rings. The predicted molar refractivity (Wildman–Crippen MR) is 123 cm³/mol. The zero-order valence-corrected chi connectivity index (χ0v) is 17.7. The van der Waals surface area contributed by atoms with Crippen molar-refractivity contribution in [2.75, 3.05) is 13.1 Å². The largest absolute Gasteiger partial charge is 0.339 e. The molecule has 3 nitrogen and oxygen atoms in total. The summed E-state index contributed by atoms with van der Waals surface area (Å²) in [5.74, 6) is 6.45. The molecule has 3 aromatic rings. The minimum absolute atomic E-state index is 0.00721. The fourth-order valence-corrected chi connectivity index (χ4v) is 4.24. The Kier molecular flexibility index (Phi) is 6.00. The van der Waals surface area contributed by atoms with Gasteiger partial charge in [0.15, 0.2) is 0 Å². The van der Waals surface area contributed by atoms with E-state index in [1.54, 1.807) is 6.92 Å². The SMILES string of the molecule is CC(=O)C1(c2ccccc2)CCN(C(=O)c2ccc(C#Cc3ccccc3)cc2)CC1. The van der Waals surface area contributed by atoms with Crippen LogP contribution in [-0.4, -0.2) is 29.7 Å². The summed E-state index contributed by atoms with van der Waals surface area (Å²) in [6, 6.07) is 27.2. The van der Waals surface area contributed by atoms with Crippen LogP contribution in [0.4, 0.5) is 0 Å². The molecule has 3 heteroatoms. The first-order valence-electron chi connectivity index (χ1n) is 10.6. The standard InChI is InChI=1S/C28H25NO2/c1-22(30)28(26-10-6-3-7-11-26)18-20-29(21-19-28)27(31)25-16-14-24(15-17-25)13-12-23-8-4-2-5-9-23/h2-11,14-17H,18-21H2,1H3. The van der Waals surface area contributed by atoms with Crippen LogP contribution in [0.3, 0.4) is 0 Å². The Morgan fingerprint density at radius 2 is 1.26 bits per heavy atom. The van der Waals surface area contributed by atoms with E-state index in [9.17, 15) is 9.59 Å². The molecule has 1 aliphatic rings. The highest BCUT2D eigenvalue weighted by molar-refractivity contribution is 5.95. The minimum Gasteiger partial charge on any atom is -0.339 e. The second kappa shape index (κ2) is 9.02. The van der Waals surface area contributed by atoms with Gasteiger partial charge in [0.2, 0.25) is 0 Å². The van der Waals surface area contributed by atoms with Gasteiger partial charge in [0.1, 0.15) is 5.78 Å². The van der Waals surface area contributed by atoms with Gasteiger partial charge in [-0.2, -0.15) is 0 Å². The Hall–Kier alpha value is -3.64. The lowest BCUT2D eigenvalue weighted by Crippen LogP contribution is -2.48. The number of amides is 1. The van der Waals surface area contributed by atoms with E-state index < -0.39 is 5.41 Å². The lowest BCUT2D eigenvalue weighted by molar-refractivity contribution is -0.124. The molecular formula is C28H25NO2. The van der Waals surface area contributed by atoms with Crippen LogP contribution in [0.15, 0.2) is 84.9 Å². The van der Waals surface area contributed by atoms with Crippen molar-refractivity contribution in [2.24, 2.45) is 0 Å². The summed E-state index contributed by atoms with van der Waals surface area (Å²) in [5.41, 5.74) is 3.05. The number of rotatable bonds is 3. The van der Waals surface area contributed by atoms with Gasteiger partial charge in [-0.05, 0) is 61.7 Å². The van der Waals surface area contributed by atoms with Gasteiger partial charge in [0, 0.05) is 29.8 Å². The summed E-state index contributed by atoms with van der Waals surface area (Å²) in [6.45, 7) is 2.81. The first-order chi connectivity index (χ1) is 15.1. The average Bonchev–Trinajstić information content (AvgIpc) is 2.84. The Bertz CT molecular complexity index is 1110. The molecule has 3 aromatic carbocycles. The van der Waals surface area contributed by atoms with Gasteiger partial charge >= 0.3 is 0 Å². The van der Waals surface area contributed by atoms with E-state index in [0.29, 0.717) is 31.5 Å². The third-order valence-corrected chi connectivity index (χ3v) is 6.16. The maximum absolute atomic E-state index is 13.0. The lowest BCUT2D eigenvalue weighted by atomic mass is 9.70. The summed E-state index contributed by atoms with van der Waals surface area (Å²) in [7, 11) is 0. The molecule has 0 bridgehead atoms. The number of Topliss-reactive ketones (excluding diaryl/α,β-unsaturated/α-hetero) is 1. The van der Waals surface area contributed by atoms with Crippen molar-refractivity contribution >= 4 is 11.7 Å². The molecule has 0 aliphatic carbocycles. The highest BCUT2D eigenvalue weighted by Gasteiger charge is 2.41. The van der Waals surface area contributed by atoms with Crippen LogP contribution < -0.4 is 0 Å². The number of hydrogen-bond acceptors (Lipinski definition) is 2. The molecule has 4 rings (SSSR count). The van der Waals surface area contributed by atoms with Crippen LogP contribution in [-0.2, 0) is 10.2 Å². The van der Waals surface area contributed by atoms with Crippen LogP contribution >= 0.6 is 0 Å². The van der Waals surface area contributed by atoms with Crippen LogP contribution in [0, 0.1) is 11.8 Å². The number of likely N-dealkylation sites (tertiary alicyclic amines) is 1. The maximum Gasteiger partial charge on any atom is 0.253 e. The Morgan fingerprint density at radius 3 is 1.81 bits per heavy atom. The van der Waals surface area contributed by atoms with E-state index in [-0.39, 0.29) is 11.7 Å². The van der Waals surface area contributed by atoms with Gasteiger partial charge in [0.25, 0.3) is 5.91 Å². The van der Waals surface area contributed by atoms with E-state index in [1.807, 2.05) is 89.8 Å². The number of hydrogen-bond donors (Lipinski definition) is 0. The average molecular weight is 408 g/mol. The van der Waals surface area contributed by atoms with Crippen molar-refractivity contribution in [3.8, 4) is 11.8 Å². The molecule has 0 N–H and O–H groups in total. The number of carbonyl (C=O) groups is 2. The Morgan fingerprint density at radius 1 is 0.742 bits per heavy atom. The molecule has 0 spiro atoms. The molecular weight excluding hydrogens is 382 g/mol. The van der Waals surface area contributed by atoms with E-state index in [4.69, 9.17) is 0 Å². The van der Waals surface area contributed by atoms with Crippen LogP contribution in [0.1, 0.15) is 46.8 Å². The fraction of sp³-hybridized carbons (Fsp3) is 0.214. The van der Waals surface area contributed by atoms with Crippen LogP contribution in [0.2, 0.25) is 0 Å². The van der Waals surface area contributed by atoms with Crippen molar-refractivity contribution < 1.29 is 9.59 Å². The molecule has 0 unspecified atom stereocenters. The molecule has 1 aliphatic heterocycles. The summed E-state index contributed by atoms with van der Waals surface area (Å²) in [5, 5.41) is 0. The van der Waals surface area contributed by atoms with E-state index >= 15 is 0 Å². The van der Waals surface area contributed by atoms with E-state index in [2.05, 4.69) is 11.8 Å². The second-order valence-corrected chi connectivity index (χ2v) is 7.99. The maximum atomic E-state index is 13.0. The van der Waals surface area contributed by atoms with E-state index in [0.717, 1.165) is 16.7 Å². The third-order valence-electron chi connectivity index (χ3n) is 6.16. The number of piperidine rings is 1. The zero-order chi connectivity index (χ0) is 21.7. The molecule has 1 heterocycles. The van der Waals surface area contributed by atoms with Crippen molar-refractivity contribution in [2.45, 2.75) is 25.2 Å². The van der Waals surface area contributed by atoms with Gasteiger partial charge in [-0.25, -0.2) is 0 Å². The number of ketones is 1. The molecule has 0 aromatic heterocycles. The third kappa shape index (κ3) is 4.44. The predicted octanol–water partition coefficient (Wildman–Crippen LogP) is 4.85. The summed E-state index contributed by atoms with van der Waals surface area (Å²) < 4.78 is 0. The second-order valence-electron chi connectivity index (χ2n) is 7.99. The molecule has 1 saturated heterocycles. The Balaban J connectivity index is 1.44. The Labute approximate surface area is 183 Å². The molecule has 0 saturated carbocycles. The van der Waals surface area contributed by atoms with Gasteiger partial charge in [-0.3, -0.25) is 9.59 Å². The lowest BCUT2D eigenvalue weighted by Gasteiger charge is -2.40. The summed E-state index contributed by atoms with van der Waals surface area (Å²) in [6.07, 6.45) is 1.30. The normalized spacial score (nSPS) is 14.9. The van der Waals surface area contributed by atoms with Crippen molar-refractivity contribution in [1.82, 2.24) is 4.90 Å². The quantitative estimate of drug-likeness (QED) is 0.582.